The Labute approximate surface area is 113 Å². The van der Waals surface area contributed by atoms with Crippen LogP contribution in [0.3, 0.4) is 0 Å². The summed E-state index contributed by atoms with van der Waals surface area (Å²) in [4.78, 5) is 11.0. The number of carbonyl (C=O) groups is 1. The van der Waals surface area contributed by atoms with Crippen molar-refractivity contribution in [1.82, 2.24) is 0 Å². The largest absolute Gasteiger partial charge is 0.494 e. The highest BCUT2D eigenvalue weighted by molar-refractivity contribution is 6.62. The SMILES string of the molecule is CC1(C)OB(c2ccc([NH2+]O)c(C=O)c2)OC1(C)C. The molecule has 0 atom stereocenters. The number of hydrogen-bond acceptors (Lipinski definition) is 4. The summed E-state index contributed by atoms with van der Waals surface area (Å²) in [6.07, 6.45) is 0.705. The van der Waals surface area contributed by atoms with Crippen LogP contribution in [0.15, 0.2) is 18.2 Å². The minimum absolute atomic E-state index is 0.412. The number of aldehydes is 1. The Morgan fingerprint density at radius 2 is 1.79 bits per heavy atom. The van der Waals surface area contributed by atoms with Gasteiger partial charge in [-0.2, -0.15) is 5.48 Å². The second kappa shape index (κ2) is 4.72. The maximum Gasteiger partial charge on any atom is 0.494 e. The summed E-state index contributed by atoms with van der Waals surface area (Å²) in [6.45, 7) is 7.90. The highest BCUT2D eigenvalue weighted by atomic mass is 16.7. The van der Waals surface area contributed by atoms with Gasteiger partial charge in [-0.1, -0.05) is 6.07 Å². The average molecular weight is 264 g/mol. The van der Waals surface area contributed by atoms with E-state index >= 15 is 0 Å². The molecule has 0 radical (unpaired) electrons. The van der Waals surface area contributed by atoms with Crippen LogP contribution in [0.1, 0.15) is 38.1 Å². The Hall–Kier alpha value is -1.21. The van der Waals surface area contributed by atoms with Crippen molar-refractivity contribution in [1.29, 1.82) is 0 Å². The second-order valence-corrected chi connectivity index (χ2v) is 5.72. The predicted octanol–water partition coefficient (Wildman–Crippen LogP) is 0.382. The van der Waals surface area contributed by atoms with Crippen LogP contribution < -0.4 is 10.9 Å². The number of nitrogens with two attached hydrogens (primary N) is 1. The fourth-order valence-corrected chi connectivity index (χ4v) is 1.94. The van der Waals surface area contributed by atoms with E-state index in [1.165, 1.54) is 0 Å². The van der Waals surface area contributed by atoms with E-state index in [2.05, 4.69) is 0 Å². The van der Waals surface area contributed by atoms with Crippen molar-refractivity contribution in [3.8, 4) is 0 Å². The number of benzene rings is 1. The minimum atomic E-state index is -0.503. The lowest BCUT2D eigenvalue weighted by Gasteiger charge is -2.32. The van der Waals surface area contributed by atoms with Crippen molar-refractivity contribution in [2.45, 2.75) is 38.9 Å². The van der Waals surface area contributed by atoms with E-state index in [0.717, 1.165) is 10.9 Å². The van der Waals surface area contributed by atoms with Crippen LogP contribution in [0, 0.1) is 0 Å². The normalized spacial score (nSPS) is 20.6. The zero-order valence-corrected chi connectivity index (χ0v) is 11.6. The highest BCUT2D eigenvalue weighted by Gasteiger charge is 2.51. The third-order valence-corrected chi connectivity index (χ3v) is 3.90. The molecule has 0 bridgehead atoms. The summed E-state index contributed by atoms with van der Waals surface area (Å²) in [6, 6.07) is 5.14. The lowest BCUT2D eigenvalue weighted by atomic mass is 9.78. The number of hydrogen-bond donors (Lipinski definition) is 2. The first kappa shape index (κ1) is 14.2. The van der Waals surface area contributed by atoms with Crippen LogP contribution in [-0.4, -0.2) is 29.8 Å². The van der Waals surface area contributed by atoms with E-state index in [1.54, 1.807) is 18.2 Å². The molecule has 1 aromatic carbocycles. The molecule has 0 saturated carbocycles. The molecule has 1 heterocycles. The summed E-state index contributed by atoms with van der Waals surface area (Å²) in [5, 5.41) is 9.03. The molecule has 0 unspecified atom stereocenters. The molecule has 2 rings (SSSR count). The molecule has 19 heavy (non-hydrogen) atoms. The predicted molar refractivity (Wildman–Crippen MR) is 70.9 cm³/mol. The third kappa shape index (κ3) is 2.44. The van der Waals surface area contributed by atoms with E-state index in [0.29, 0.717) is 17.5 Å². The molecule has 1 saturated heterocycles. The standard InChI is InChI=1S/C13H18BNO4/c1-12(2)13(3,4)19-14(18-12)10-5-6-11(15-17)9(7-10)8-16/h5-8,15,17H,1-4H3/p+1. The molecule has 102 valence electrons. The first-order valence-electron chi connectivity index (χ1n) is 6.23. The van der Waals surface area contributed by atoms with Crippen molar-refractivity contribution < 1.29 is 24.8 Å². The summed E-state index contributed by atoms with van der Waals surface area (Å²) in [7, 11) is -0.503. The maximum atomic E-state index is 11.0. The van der Waals surface area contributed by atoms with Crippen molar-refractivity contribution in [2.24, 2.45) is 0 Å². The first-order chi connectivity index (χ1) is 8.80. The summed E-state index contributed by atoms with van der Waals surface area (Å²) >= 11 is 0. The lowest BCUT2D eigenvalue weighted by molar-refractivity contribution is -0.825. The molecule has 0 aromatic heterocycles. The molecule has 0 spiro atoms. The summed E-state index contributed by atoms with van der Waals surface area (Å²) in [5.41, 5.74) is 1.75. The van der Waals surface area contributed by atoms with Gasteiger partial charge in [-0.3, -0.25) is 4.79 Å². The molecule has 1 aliphatic rings. The molecule has 1 fully saturated rings. The van der Waals surface area contributed by atoms with E-state index in [-0.39, 0.29) is 0 Å². The van der Waals surface area contributed by atoms with E-state index in [9.17, 15) is 4.79 Å². The van der Waals surface area contributed by atoms with Crippen LogP contribution in [0.25, 0.3) is 0 Å². The number of quaternary nitrogens is 1. The van der Waals surface area contributed by atoms with Crippen LogP contribution in [-0.2, 0) is 9.31 Å². The van der Waals surface area contributed by atoms with E-state index in [4.69, 9.17) is 14.5 Å². The molecule has 5 nitrogen and oxygen atoms in total. The molecule has 3 N–H and O–H groups in total. The number of carbonyl (C=O) groups excluding carboxylic acids is 1. The molecule has 0 aliphatic carbocycles. The minimum Gasteiger partial charge on any atom is -0.399 e. The topological polar surface area (TPSA) is 72.4 Å². The van der Waals surface area contributed by atoms with Gasteiger partial charge in [-0.15, -0.1) is 0 Å². The van der Waals surface area contributed by atoms with Gasteiger partial charge in [0.1, 0.15) is 0 Å². The van der Waals surface area contributed by atoms with Gasteiger partial charge in [0.05, 0.1) is 16.8 Å². The van der Waals surface area contributed by atoms with Crippen molar-refractivity contribution in [3.05, 3.63) is 23.8 Å². The fourth-order valence-electron chi connectivity index (χ4n) is 1.94. The van der Waals surface area contributed by atoms with Crippen LogP contribution in [0.2, 0.25) is 0 Å². The molecule has 0 amide bonds. The number of rotatable bonds is 3. The smallest absolute Gasteiger partial charge is 0.399 e. The van der Waals surface area contributed by atoms with E-state index < -0.39 is 18.3 Å². The zero-order chi connectivity index (χ0) is 14.3. The Kier molecular flexibility index (Phi) is 3.53. The Morgan fingerprint density at radius 1 is 1.21 bits per heavy atom. The fraction of sp³-hybridized carbons (Fsp3) is 0.462. The quantitative estimate of drug-likeness (QED) is 0.358. The second-order valence-electron chi connectivity index (χ2n) is 5.72. The maximum absolute atomic E-state index is 11.0. The van der Waals surface area contributed by atoms with Gasteiger partial charge in [-0.25, -0.2) is 5.21 Å². The molecule has 6 heteroatoms. The Bertz CT molecular complexity index is 485. The molecular formula is C13H19BNO4+. The summed E-state index contributed by atoms with van der Waals surface area (Å²) < 4.78 is 11.8. The lowest BCUT2D eigenvalue weighted by Crippen LogP contribution is -2.74. The van der Waals surface area contributed by atoms with Crippen LogP contribution in [0.5, 0.6) is 0 Å². The van der Waals surface area contributed by atoms with Gasteiger partial charge in [0.15, 0.2) is 12.0 Å². The van der Waals surface area contributed by atoms with Gasteiger partial charge >= 0.3 is 7.12 Å². The zero-order valence-electron chi connectivity index (χ0n) is 11.6. The monoisotopic (exact) mass is 264 g/mol. The first-order valence-corrected chi connectivity index (χ1v) is 6.23. The van der Waals surface area contributed by atoms with Gasteiger partial charge < -0.3 is 9.31 Å². The molecule has 1 aliphatic heterocycles. The van der Waals surface area contributed by atoms with Crippen molar-refractivity contribution in [2.75, 3.05) is 0 Å². The van der Waals surface area contributed by atoms with Gasteiger partial charge in [0, 0.05) is 6.07 Å². The van der Waals surface area contributed by atoms with Gasteiger partial charge in [0.25, 0.3) is 0 Å². The van der Waals surface area contributed by atoms with Crippen molar-refractivity contribution >= 4 is 24.6 Å². The average Bonchev–Trinajstić information content (AvgIpc) is 2.57. The van der Waals surface area contributed by atoms with Gasteiger partial charge in [0.2, 0.25) is 0 Å². The summed E-state index contributed by atoms with van der Waals surface area (Å²) in [5.74, 6) is 0. The van der Waals surface area contributed by atoms with Crippen molar-refractivity contribution in [3.63, 3.8) is 0 Å². The van der Waals surface area contributed by atoms with Crippen LogP contribution >= 0.6 is 0 Å². The highest BCUT2D eigenvalue weighted by Crippen LogP contribution is 2.36. The van der Waals surface area contributed by atoms with Crippen LogP contribution in [0.4, 0.5) is 5.69 Å². The van der Waals surface area contributed by atoms with Gasteiger partial charge in [-0.05, 0) is 39.2 Å². The van der Waals surface area contributed by atoms with E-state index in [1.807, 2.05) is 27.7 Å². The molecule has 1 aromatic rings. The Morgan fingerprint density at radius 3 is 2.26 bits per heavy atom. The Balaban J connectivity index is 2.32. The molecular weight excluding hydrogens is 245 g/mol. The third-order valence-electron chi connectivity index (χ3n) is 3.90.